The standard InChI is InChI=1S/C19H21N3O4/c1-13(25-16-8-7-14-5-3-4-6-15(14)11-16)19(23)20-12-17-21-18(26-22-17)9-10-24-2/h3-8,11,13H,9-10,12H2,1-2H3,(H,20,23)/t13-/m0/s1. The predicted octanol–water partition coefficient (Wildman–Crippen LogP) is 2.50. The number of rotatable bonds is 8. The molecule has 1 atom stereocenters. The number of amides is 1. The molecule has 1 N–H and O–H groups in total. The smallest absolute Gasteiger partial charge is 0.261 e. The largest absolute Gasteiger partial charge is 0.481 e. The molecule has 1 amide bonds. The Bertz CT molecular complexity index is 878. The monoisotopic (exact) mass is 355 g/mol. The summed E-state index contributed by atoms with van der Waals surface area (Å²) < 4.78 is 15.8. The molecule has 0 saturated carbocycles. The molecule has 0 aliphatic carbocycles. The summed E-state index contributed by atoms with van der Waals surface area (Å²) in [5, 5.41) is 8.75. The number of carbonyl (C=O) groups excluding carboxylic acids is 1. The van der Waals surface area contributed by atoms with Crippen molar-refractivity contribution in [2.75, 3.05) is 13.7 Å². The van der Waals surface area contributed by atoms with E-state index in [1.165, 1.54) is 0 Å². The van der Waals surface area contributed by atoms with Gasteiger partial charge in [-0.1, -0.05) is 35.5 Å². The van der Waals surface area contributed by atoms with Crippen molar-refractivity contribution >= 4 is 16.7 Å². The van der Waals surface area contributed by atoms with Crippen molar-refractivity contribution in [3.8, 4) is 5.75 Å². The zero-order valence-electron chi connectivity index (χ0n) is 14.8. The summed E-state index contributed by atoms with van der Waals surface area (Å²) in [5.41, 5.74) is 0. The maximum Gasteiger partial charge on any atom is 0.261 e. The lowest BCUT2D eigenvalue weighted by Gasteiger charge is -2.14. The first-order valence-electron chi connectivity index (χ1n) is 8.39. The van der Waals surface area contributed by atoms with Crippen LogP contribution in [-0.4, -0.2) is 35.9 Å². The molecule has 0 spiro atoms. The molecule has 26 heavy (non-hydrogen) atoms. The Morgan fingerprint density at radius 2 is 2.04 bits per heavy atom. The second-order valence-electron chi connectivity index (χ2n) is 5.83. The third kappa shape index (κ3) is 4.58. The van der Waals surface area contributed by atoms with Gasteiger partial charge in [0.25, 0.3) is 5.91 Å². The summed E-state index contributed by atoms with van der Waals surface area (Å²) in [4.78, 5) is 16.4. The van der Waals surface area contributed by atoms with Crippen molar-refractivity contribution < 1.29 is 18.8 Å². The first kappa shape index (κ1) is 17.9. The first-order valence-corrected chi connectivity index (χ1v) is 8.39. The molecule has 3 rings (SSSR count). The number of hydrogen-bond acceptors (Lipinski definition) is 6. The van der Waals surface area contributed by atoms with Crippen LogP contribution in [0, 0.1) is 0 Å². The van der Waals surface area contributed by atoms with Crippen LogP contribution >= 0.6 is 0 Å². The number of nitrogens with one attached hydrogen (secondary N) is 1. The van der Waals surface area contributed by atoms with Crippen molar-refractivity contribution in [1.82, 2.24) is 15.5 Å². The van der Waals surface area contributed by atoms with Gasteiger partial charge in [-0.3, -0.25) is 4.79 Å². The fourth-order valence-electron chi connectivity index (χ4n) is 2.46. The van der Waals surface area contributed by atoms with Gasteiger partial charge in [-0.05, 0) is 29.8 Å². The van der Waals surface area contributed by atoms with Gasteiger partial charge in [0.15, 0.2) is 11.9 Å². The van der Waals surface area contributed by atoms with Gasteiger partial charge in [0.2, 0.25) is 5.89 Å². The topological polar surface area (TPSA) is 86.5 Å². The second-order valence-corrected chi connectivity index (χ2v) is 5.83. The van der Waals surface area contributed by atoms with E-state index < -0.39 is 6.10 Å². The summed E-state index contributed by atoms with van der Waals surface area (Å²) in [5.74, 6) is 1.30. The zero-order valence-corrected chi connectivity index (χ0v) is 14.8. The summed E-state index contributed by atoms with van der Waals surface area (Å²) in [7, 11) is 1.61. The van der Waals surface area contributed by atoms with Crippen LogP contribution in [-0.2, 0) is 22.5 Å². The van der Waals surface area contributed by atoms with E-state index in [1.807, 2.05) is 42.5 Å². The first-order chi connectivity index (χ1) is 12.7. The van der Waals surface area contributed by atoms with Gasteiger partial charge in [-0.25, -0.2) is 0 Å². The highest BCUT2D eigenvalue weighted by Gasteiger charge is 2.16. The maximum absolute atomic E-state index is 12.2. The van der Waals surface area contributed by atoms with Crippen molar-refractivity contribution in [3.63, 3.8) is 0 Å². The maximum atomic E-state index is 12.2. The lowest BCUT2D eigenvalue weighted by atomic mass is 10.1. The number of ether oxygens (including phenoxy) is 2. The highest BCUT2D eigenvalue weighted by molar-refractivity contribution is 5.84. The molecule has 0 radical (unpaired) electrons. The van der Waals surface area contributed by atoms with Crippen molar-refractivity contribution in [1.29, 1.82) is 0 Å². The molecule has 1 heterocycles. The molecule has 0 fully saturated rings. The molecule has 0 aliphatic rings. The molecule has 0 saturated heterocycles. The van der Waals surface area contributed by atoms with Gasteiger partial charge in [0.05, 0.1) is 19.6 Å². The molecule has 7 heteroatoms. The summed E-state index contributed by atoms with van der Waals surface area (Å²) >= 11 is 0. The Labute approximate surface area is 151 Å². The number of benzene rings is 2. The third-order valence-corrected chi connectivity index (χ3v) is 3.85. The molecule has 136 valence electrons. The zero-order chi connectivity index (χ0) is 18.4. The van der Waals surface area contributed by atoms with E-state index in [0.29, 0.717) is 30.5 Å². The highest BCUT2D eigenvalue weighted by Crippen LogP contribution is 2.21. The van der Waals surface area contributed by atoms with Gasteiger partial charge < -0.3 is 19.3 Å². The average Bonchev–Trinajstić information content (AvgIpc) is 3.12. The Kier molecular flexibility index (Phi) is 5.80. The van der Waals surface area contributed by atoms with Crippen LogP contribution < -0.4 is 10.1 Å². The number of aromatic nitrogens is 2. The molecule has 7 nitrogen and oxygen atoms in total. The van der Waals surface area contributed by atoms with E-state index in [2.05, 4.69) is 15.5 Å². The molecular formula is C19H21N3O4. The van der Waals surface area contributed by atoms with Crippen molar-refractivity contribution in [2.24, 2.45) is 0 Å². The van der Waals surface area contributed by atoms with Gasteiger partial charge >= 0.3 is 0 Å². The highest BCUT2D eigenvalue weighted by atomic mass is 16.5. The third-order valence-electron chi connectivity index (χ3n) is 3.85. The lowest BCUT2D eigenvalue weighted by Crippen LogP contribution is -2.36. The Balaban J connectivity index is 1.53. The number of carbonyl (C=O) groups is 1. The fourth-order valence-corrected chi connectivity index (χ4v) is 2.46. The van der Waals surface area contributed by atoms with Crippen LogP contribution in [0.4, 0.5) is 0 Å². The van der Waals surface area contributed by atoms with E-state index in [1.54, 1.807) is 14.0 Å². The van der Waals surface area contributed by atoms with Gasteiger partial charge in [0, 0.05) is 7.11 Å². The Hall–Kier alpha value is -2.93. The Morgan fingerprint density at radius 3 is 2.85 bits per heavy atom. The fraction of sp³-hybridized carbons (Fsp3) is 0.316. The molecule has 1 aromatic heterocycles. The molecule has 2 aromatic carbocycles. The minimum absolute atomic E-state index is 0.181. The summed E-state index contributed by atoms with van der Waals surface area (Å²) in [6.07, 6.45) is -0.102. The lowest BCUT2D eigenvalue weighted by molar-refractivity contribution is -0.127. The number of nitrogens with zero attached hydrogens (tertiary/aromatic N) is 2. The quantitative estimate of drug-likeness (QED) is 0.668. The van der Waals surface area contributed by atoms with Crippen LogP contribution in [0.5, 0.6) is 5.75 Å². The SMILES string of the molecule is COCCc1nc(CNC(=O)[C@H](C)Oc2ccc3ccccc3c2)no1. The number of hydrogen-bond donors (Lipinski definition) is 1. The number of fused-ring (bicyclic) bond motifs is 1. The number of methoxy groups -OCH3 is 1. The van der Waals surface area contributed by atoms with Crippen LogP contribution in [0.1, 0.15) is 18.6 Å². The van der Waals surface area contributed by atoms with Gasteiger partial charge in [0.1, 0.15) is 5.75 Å². The minimum Gasteiger partial charge on any atom is -0.481 e. The van der Waals surface area contributed by atoms with Crippen LogP contribution in [0.25, 0.3) is 10.8 Å². The second kappa shape index (κ2) is 8.44. The summed E-state index contributed by atoms with van der Waals surface area (Å²) in [6, 6.07) is 13.7. The normalized spacial score (nSPS) is 12.1. The van der Waals surface area contributed by atoms with E-state index in [9.17, 15) is 4.79 Å². The minimum atomic E-state index is -0.643. The molecular weight excluding hydrogens is 334 g/mol. The van der Waals surface area contributed by atoms with Gasteiger partial charge in [-0.2, -0.15) is 4.98 Å². The van der Waals surface area contributed by atoms with Gasteiger partial charge in [-0.15, -0.1) is 0 Å². The molecule has 0 unspecified atom stereocenters. The average molecular weight is 355 g/mol. The van der Waals surface area contributed by atoms with Crippen molar-refractivity contribution in [2.45, 2.75) is 26.0 Å². The van der Waals surface area contributed by atoms with E-state index in [-0.39, 0.29) is 12.5 Å². The molecule has 3 aromatic rings. The van der Waals surface area contributed by atoms with Crippen molar-refractivity contribution in [3.05, 3.63) is 54.2 Å². The Morgan fingerprint density at radius 1 is 1.23 bits per heavy atom. The summed E-state index contributed by atoms with van der Waals surface area (Å²) in [6.45, 7) is 2.39. The van der Waals surface area contributed by atoms with E-state index >= 15 is 0 Å². The van der Waals surface area contributed by atoms with Crippen LogP contribution in [0.2, 0.25) is 0 Å². The molecule has 0 aliphatic heterocycles. The van der Waals surface area contributed by atoms with E-state index in [4.69, 9.17) is 14.0 Å². The van der Waals surface area contributed by atoms with Crippen LogP contribution in [0.15, 0.2) is 47.0 Å². The van der Waals surface area contributed by atoms with E-state index in [0.717, 1.165) is 10.8 Å². The molecule has 0 bridgehead atoms. The predicted molar refractivity (Wildman–Crippen MR) is 95.8 cm³/mol. The van der Waals surface area contributed by atoms with Crippen LogP contribution in [0.3, 0.4) is 0 Å².